The van der Waals surface area contributed by atoms with E-state index in [2.05, 4.69) is 10.5 Å². The van der Waals surface area contributed by atoms with Gasteiger partial charge in [0.2, 0.25) is 0 Å². The van der Waals surface area contributed by atoms with E-state index >= 15 is 0 Å². The number of nitrogens with one attached hydrogen (secondary N) is 1. The molecule has 0 aliphatic rings. The average Bonchev–Trinajstić information content (AvgIpc) is 2.61. The van der Waals surface area contributed by atoms with Gasteiger partial charge in [0, 0.05) is 5.02 Å². The third-order valence-electron chi connectivity index (χ3n) is 3.94. The molecule has 0 saturated heterocycles. The second-order valence-electron chi connectivity index (χ2n) is 5.68. The van der Waals surface area contributed by atoms with Gasteiger partial charge >= 0.3 is 0 Å². The van der Waals surface area contributed by atoms with E-state index in [9.17, 15) is 4.79 Å². The van der Waals surface area contributed by atoms with Crippen LogP contribution in [-0.2, 0) is 4.79 Å². The van der Waals surface area contributed by atoms with Gasteiger partial charge in [-0.2, -0.15) is 5.10 Å². The molecule has 5 nitrogen and oxygen atoms in total. The first-order valence-electron chi connectivity index (χ1n) is 7.92. The van der Waals surface area contributed by atoms with Crippen LogP contribution in [0.3, 0.4) is 0 Å². The van der Waals surface area contributed by atoms with Gasteiger partial charge in [-0.1, -0.05) is 23.2 Å². The number of amides is 1. The normalized spacial score (nSPS) is 12.1. The minimum Gasteiger partial charge on any atom is -0.496 e. The SMILES string of the molecule is COc1ccc(/C=N/NC(=O)C(C)Oc2ccc(Cl)cc2Cl)c(C)c1C. The summed E-state index contributed by atoms with van der Waals surface area (Å²) in [6.45, 7) is 5.55. The van der Waals surface area contributed by atoms with E-state index in [1.165, 1.54) is 0 Å². The number of methoxy groups -OCH3 is 1. The first kappa shape index (κ1) is 20.1. The van der Waals surface area contributed by atoms with Crippen molar-refractivity contribution in [1.82, 2.24) is 5.43 Å². The Hall–Kier alpha value is -2.24. The second kappa shape index (κ2) is 8.92. The number of benzene rings is 2. The molecule has 0 heterocycles. The van der Waals surface area contributed by atoms with Gasteiger partial charge in [0.15, 0.2) is 6.10 Å². The Labute approximate surface area is 162 Å². The van der Waals surface area contributed by atoms with Crippen LogP contribution < -0.4 is 14.9 Å². The molecule has 0 aliphatic carbocycles. The largest absolute Gasteiger partial charge is 0.496 e. The number of rotatable bonds is 6. The molecule has 138 valence electrons. The van der Waals surface area contributed by atoms with Crippen molar-refractivity contribution in [3.63, 3.8) is 0 Å². The van der Waals surface area contributed by atoms with E-state index < -0.39 is 12.0 Å². The number of hydrogen-bond acceptors (Lipinski definition) is 4. The van der Waals surface area contributed by atoms with Crippen molar-refractivity contribution in [2.24, 2.45) is 5.10 Å². The maximum Gasteiger partial charge on any atom is 0.280 e. The minimum atomic E-state index is -0.774. The Morgan fingerprint density at radius 1 is 1.15 bits per heavy atom. The second-order valence-corrected chi connectivity index (χ2v) is 6.52. The predicted molar refractivity (Wildman–Crippen MR) is 105 cm³/mol. The molecule has 2 aromatic rings. The summed E-state index contributed by atoms with van der Waals surface area (Å²) in [7, 11) is 1.63. The van der Waals surface area contributed by atoms with E-state index in [0.29, 0.717) is 15.8 Å². The zero-order chi connectivity index (χ0) is 19.3. The van der Waals surface area contributed by atoms with Crippen LogP contribution in [0.4, 0.5) is 0 Å². The van der Waals surface area contributed by atoms with Crippen molar-refractivity contribution < 1.29 is 14.3 Å². The summed E-state index contributed by atoms with van der Waals surface area (Å²) in [5.74, 6) is 0.796. The fraction of sp³-hybridized carbons (Fsp3) is 0.263. The molecule has 2 aromatic carbocycles. The molecular formula is C19H20Cl2N2O3. The van der Waals surface area contributed by atoms with Gasteiger partial charge < -0.3 is 9.47 Å². The minimum absolute atomic E-state index is 0.338. The number of hydrazone groups is 1. The van der Waals surface area contributed by atoms with Gasteiger partial charge in [-0.05, 0) is 67.8 Å². The fourth-order valence-corrected chi connectivity index (χ4v) is 2.70. The maximum absolute atomic E-state index is 12.1. The number of carbonyl (C=O) groups is 1. The molecule has 1 N–H and O–H groups in total. The number of nitrogens with zero attached hydrogens (tertiary/aromatic N) is 1. The first-order valence-corrected chi connectivity index (χ1v) is 8.68. The lowest BCUT2D eigenvalue weighted by Gasteiger charge is -2.14. The van der Waals surface area contributed by atoms with Crippen LogP contribution in [0.25, 0.3) is 0 Å². The topological polar surface area (TPSA) is 59.9 Å². The molecule has 0 fully saturated rings. The lowest BCUT2D eigenvalue weighted by Crippen LogP contribution is -2.33. The molecule has 0 saturated carbocycles. The molecular weight excluding hydrogens is 375 g/mol. The van der Waals surface area contributed by atoms with Gasteiger partial charge in [-0.3, -0.25) is 4.79 Å². The van der Waals surface area contributed by atoms with E-state index in [4.69, 9.17) is 32.7 Å². The van der Waals surface area contributed by atoms with Crippen molar-refractivity contribution in [1.29, 1.82) is 0 Å². The molecule has 1 atom stereocenters. The van der Waals surface area contributed by atoms with Crippen LogP contribution >= 0.6 is 23.2 Å². The standard InChI is InChI=1S/C19H20Cl2N2O3/c1-11-12(2)17(25-4)7-5-14(11)10-22-23-19(24)13(3)26-18-8-6-15(20)9-16(18)21/h5-10,13H,1-4H3,(H,23,24)/b22-10+. The maximum atomic E-state index is 12.1. The monoisotopic (exact) mass is 394 g/mol. The van der Waals surface area contributed by atoms with Gasteiger partial charge in [-0.15, -0.1) is 0 Å². The zero-order valence-electron chi connectivity index (χ0n) is 15.0. The van der Waals surface area contributed by atoms with Gasteiger partial charge in [0.1, 0.15) is 11.5 Å². The molecule has 0 aromatic heterocycles. The van der Waals surface area contributed by atoms with E-state index in [0.717, 1.165) is 22.4 Å². The third kappa shape index (κ3) is 4.90. The quantitative estimate of drug-likeness (QED) is 0.577. The van der Waals surface area contributed by atoms with Crippen LogP contribution in [-0.4, -0.2) is 25.3 Å². The summed E-state index contributed by atoms with van der Waals surface area (Å²) in [5, 5.41) is 4.83. The lowest BCUT2D eigenvalue weighted by molar-refractivity contribution is -0.127. The number of ether oxygens (including phenoxy) is 2. The summed E-state index contributed by atoms with van der Waals surface area (Å²) >= 11 is 11.9. The highest BCUT2D eigenvalue weighted by Gasteiger charge is 2.15. The van der Waals surface area contributed by atoms with Crippen LogP contribution in [0.5, 0.6) is 11.5 Å². The van der Waals surface area contributed by atoms with Crippen molar-refractivity contribution in [3.8, 4) is 11.5 Å². The van der Waals surface area contributed by atoms with Gasteiger partial charge in [-0.25, -0.2) is 5.43 Å². The first-order chi connectivity index (χ1) is 12.3. The molecule has 26 heavy (non-hydrogen) atoms. The van der Waals surface area contributed by atoms with Crippen molar-refractivity contribution in [2.75, 3.05) is 7.11 Å². The van der Waals surface area contributed by atoms with Crippen LogP contribution in [0, 0.1) is 13.8 Å². The molecule has 1 amide bonds. The number of hydrogen-bond donors (Lipinski definition) is 1. The molecule has 0 aliphatic heterocycles. The Kier molecular flexibility index (Phi) is 6.89. The molecule has 7 heteroatoms. The molecule has 1 unspecified atom stereocenters. The average molecular weight is 395 g/mol. The van der Waals surface area contributed by atoms with Crippen LogP contribution in [0.2, 0.25) is 10.0 Å². The van der Waals surface area contributed by atoms with E-state index in [1.807, 2.05) is 26.0 Å². The van der Waals surface area contributed by atoms with Crippen molar-refractivity contribution in [2.45, 2.75) is 26.9 Å². The van der Waals surface area contributed by atoms with Gasteiger partial charge in [0.05, 0.1) is 18.3 Å². The van der Waals surface area contributed by atoms with Crippen LogP contribution in [0.1, 0.15) is 23.6 Å². The highest BCUT2D eigenvalue weighted by Crippen LogP contribution is 2.28. The molecule has 0 bridgehead atoms. The molecule has 2 rings (SSSR count). The van der Waals surface area contributed by atoms with E-state index in [1.54, 1.807) is 38.4 Å². The van der Waals surface area contributed by atoms with Crippen molar-refractivity contribution >= 4 is 35.3 Å². The highest BCUT2D eigenvalue weighted by molar-refractivity contribution is 6.35. The summed E-state index contributed by atoms with van der Waals surface area (Å²) in [4.78, 5) is 12.1. The predicted octanol–water partition coefficient (Wildman–Crippen LogP) is 4.54. The summed E-state index contributed by atoms with van der Waals surface area (Å²) in [5.41, 5.74) is 5.40. The molecule has 0 radical (unpaired) electrons. The Balaban J connectivity index is 1.99. The fourth-order valence-electron chi connectivity index (χ4n) is 2.25. The van der Waals surface area contributed by atoms with Crippen LogP contribution in [0.15, 0.2) is 35.4 Å². The Bertz CT molecular complexity index is 838. The molecule has 0 spiro atoms. The summed E-state index contributed by atoms with van der Waals surface area (Å²) < 4.78 is 10.8. The van der Waals surface area contributed by atoms with E-state index in [-0.39, 0.29) is 0 Å². The summed E-state index contributed by atoms with van der Waals surface area (Å²) in [6, 6.07) is 8.54. The number of carbonyl (C=O) groups excluding carboxylic acids is 1. The van der Waals surface area contributed by atoms with Crippen molar-refractivity contribution in [3.05, 3.63) is 57.1 Å². The lowest BCUT2D eigenvalue weighted by atomic mass is 10.0. The highest BCUT2D eigenvalue weighted by atomic mass is 35.5. The summed E-state index contributed by atoms with van der Waals surface area (Å²) in [6.07, 6.45) is 0.811. The van der Waals surface area contributed by atoms with Gasteiger partial charge in [0.25, 0.3) is 5.91 Å². The zero-order valence-corrected chi connectivity index (χ0v) is 16.5. The Morgan fingerprint density at radius 3 is 2.50 bits per heavy atom. The smallest absolute Gasteiger partial charge is 0.280 e. The Morgan fingerprint density at radius 2 is 1.85 bits per heavy atom. The third-order valence-corrected chi connectivity index (χ3v) is 4.48. The number of halogens is 2.